The first-order valence-corrected chi connectivity index (χ1v) is 3.28. The third kappa shape index (κ3) is 0.877. The third-order valence-electron chi connectivity index (χ3n) is 1.55. The Hall–Kier alpha value is -1.42. The monoisotopic (exact) mass is 149 g/mol. The van der Waals surface area contributed by atoms with Crippen LogP contribution >= 0.6 is 0 Å². The quantitative estimate of drug-likeness (QED) is 0.631. The summed E-state index contributed by atoms with van der Waals surface area (Å²) in [6.45, 7) is -0.0435. The average Bonchev–Trinajstić information content (AvgIpc) is 2.47. The number of rotatable bonds is 1. The summed E-state index contributed by atoms with van der Waals surface area (Å²) in [5.74, 6) is 0.641. The first kappa shape index (κ1) is 6.30. The van der Waals surface area contributed by atoms with E-state index in [1.807, 2.05) is 0 Å². The number of fused-ring (bicyclic) bond motifs is 1. The summed E-state index contributed by atoms with van der Waals surface area (Å²) in [6, 6.07) is 0. The number of hydrogen-bond donors (Lipinski definition) is 1. The van der Waals surface area contributed by atoms with Crippen molar-refractivity contribution in [3.63, 3.8) is 0 Å². The van der Waals surface area contributed by atoms with Crippen LogP contribution in [0.5, 0.6) is 0 Å². The molecule has 0 aromatic carbocycles. The second-order valence-electron chi connectivity index (χ2n) is 2.20. The highest BCUT2D eigenvalue weighted by Crippen LogP contribution is 2.03. The van der Waals surface area contributed by atoms with Gasteiger partial charge in [0.05, 0.1) is 17.9 Å². The minimum atomic E-state index is -0.0435. The molecule has 11 heavy (non-hydrogen) atoms. The van der Waals surface area contributed by atoms with E-state index in [1.165, 1.54) is 0 Å². The van der Waals surface area contributed by atoms with Crippen LogP contribution in [0.3, 0.4) is 0 Å². The molecule has 0 bridgehead atoms. The lowest BCUT2D eigenvalue weighted by molar-refractivity contribution is 0.270. The van der Waals surface area contributed by atoms with E-state index in [0.717, 1.165) is 5.52 Å². The Morgan fingerprint density at radius 3 is 3.18 bits per heavy atom. The minimum Gasteiger partial charge on any atom is -0.388 e. The van der Waals surface area contributed by atoms with Crippen LogP contribution in [0, 0.1) is 0 Å². The van der Waals surface area contributed by atoms with Crippen LogP contribution < -0.4 is 0 Å². The van der Waals surface area contributed by atoms with Gasteiger partial charge in [-0.1, -0.05) is 0 Å². The molecular formula is C7H7N3O. The van der Waals surface area contributed by atoms with Crippen LogP contribution in [0.1, 0.15) is 5.82 Å². The molecule has 4 heteroatoms. The zero-order valence-corrected chi connectivity index (χ0v) is 5.81. The van der Waals surface area contributed by atoms with Crippen LogP contribution in [-0.4, -0.2) is 19.5 Å². The van der Waals surface area contributed by atoms with Gasteiger partial charge in [-0.15, -0.1) is 0 Å². The molecule has 0 aliphatic carbocycles. The van der Waals surface area contributed by atoms with Crippen molar-refractivity contribution in [3.05, 3.63) is 30.6 Å². The van der Waals surface area contributed by atoms with Gasteiger partial charge < -0.3 is 5.11 Å². The van der Waals surface area contributed by atoms with Crippen molar-refractivity contribution >= 4 is 5.52 Å². The number of aliphatic hydroxyl groups excluding tert-OH is 1. The second kappa shape index (κ2) is 2.32. The van der Waals surface area contributed by atoms with Crippen molar-refractivity contribution in [2.45, 2.75) is 6.61 Å². The molecule has 2 heterocycles. The predicted octanol–water partition coefficient (Wildman–Crippen LogP) is 0.222. The summed E-state index contributed by atoms with van der Waals surface area (Å²) in [6.07, 6.45) is 6.81. The van der Waals surface area contributed by atoms with Crippen LogP contribution in [0.25, 0.3) is 5.52 Å². The molecule has 0 amide bonds. The van der Waals surface area contributed by atoms with Crippen molar-refractivity contribution in [2.24, 2.45) is 0 Å². The number of aromatic nitrogens is 3. The Balaban J connectivity index is 2.76. The molecule has 4 nitrogen and oxygen atoms in total. The zero-order valence-electron chi connectivity index (χ0n) is 5.81. The molecule has 0 atom stereocenters. The van der Waals surface area contributed by atoms with Gasteiger partial charge in [-0.2, -0.15) is 0 Å². The van der Waals surface area contributed by atoms with Crippen LogP contribution in [0.4, 0.5) is 0 Å². The standard InChI is InChI=1S/C7H7N3O/c11-5-7-9-4-6-3-8-1-2-10(6)7/h1-4,11H,5H2. The fourth-order valence-corrected chi connectivity index (χ4v) is 1.02. The van der Waals surface area contributed by atoms with Crippen molar-refractivity contribution in [1.29, 1.82) is 0 Å². The van der Waals surface area contributed by atoms with Gasteiger partial charge in [0.1, 0.15) is 12.4 Å². The van der Waals surface area contributed by atoms with E-state index >= 15 is 0 Å². The molecule has 0 spiro atoms. The third-order valence-corrected chi connectivity index (χ3v) is 1.55. The molecule has 2 aromatic heterocycles. The first-order valence-electron chi connectivity index (χ1n) is 3.28. The van der Waals surface area contributed by atoms with Crippen LogP contribution in [0.15, 0.2) is 24.8 Å². The molecule has 0 saturated heterocycles. The van der Waals surface area contributed by atoms with E-state index in [0.29, 0.717) is 5.82 Å². The molecule has 1 N–H and O–H groups in total. The summed E-state index contributed by atoms with van der Waals surface area (Å²) in [7, 11) is 0. The van der Waals surface area contributed by atoms with Gasteiger partial charge in [0.2, 0.25) is 0 Å². The highest BCUT2D eigenvalue weighted by Gasteiger charge is 1.98. The molecule has 0 radical (unpaired) electrons. The van der Waals surface area contributed by atoms with E-state index in [1.54, 1.807) is 29.2 Å². The highest BCUT2D eigenvalue weighted by atomic mass is 16.3. The SMILES string of the molecule is OCc1ncc2cnccn12. The highest BCUT2D eigenvalue weighted by molar-refractivity contribution is 5.42. The van der Waals surface area contributed by atoms with Gasteiger partial charge in [-0.3, -0.25) is 9.38 Å². The van der Waals surface area contributed by atoms with Gasteiger partial charge in [-0.05, 0) is 0 Å². The normalized spacial score (nSPS) is 10.6. The van der Waals surface area contributed by atoms with Crippen molar-refractivity contribution in [1.82, 2.24) is 14.4 Å². The lowest BCUT2D eigenvalue weighted by atomic mass is 10.6. The van der Waals surface area contributed by atoms with Crippen LogP contribution in [0.2, 0.25) is 0 Å². The summed E-state index contributed by atoms with van der Waals surface area (Å²) in [5, 5.41) is 8.82. The topological polar surface area (TPSA) is 50.4 Å². The van der Waals surface area contributed by atoms with Gasteiger partial charge in [0.15, 0.2) is 0 Å². The summed E-state index contributed by atoms with van der Waals surface area (Å²) < 4.78 is 1.80. The van der Waals surface area contributed by atoms with Gasteiger partial charge >= 0.3 is 0 Å². The molecule has 0 aliphatic rings. The van der Waals surface area contributed by atoms with Gasteiger partial charge in [-0.25, -0.2) is 4.98 Å². The summed E-state index contributed by atoms with van der Waals surface area (Å²) >= 11 is 0. The van der Waals surface area contributed by atoms with Crippen molar-refractivity contribution < 1.29 is 5.11 Å². The Morgan fingerprint density at radius 1 is 1.45 bits per heavy atom. The fraction of sp³-hybridized carbons (Fsp3) is 0.143. The lowest BCUT2D eigenvalue weighted by Crippen LogP contribution is -1.93. The Morgan fingerprint density at radius 2 is 2.36 bits per heavy atom. The maximum atomic E-state index is 8.82. The maximum absolute atomic E-state index is 8.82. The summed E-state index contributed by atoms with van der Waals surface area (Å²) in [4.78, 5) is 7.90. The summed E-state index contributed by atoms with van der Waals surface area (Å²) in [5.41, 5.74) is 0.900. The molecular weight excluding hydrogens is 142 g/mol. The maximum Gasteiger partial charge on any atom is 0.139 e. The predicted molar refractivity (Wildman–Crippen MR) is 38.9 cm³/mol. The van der Waals surface area contributed by atoms with Gasteiger partial charge in [0.25, 0.3) is 0 Å². The van der Waals surface area contributed by atoms with Crippen molar-refractivity contribution in [2.75, 3.05) is 0 Å². The number of hydrogen-bond acceptors (Lipinski definition) is 3. The number of imidazole rings is 1. The molecule has 2 rings (SSSR count). The molecule has 56 valence electrons. The molecule has 0 saturated carbocycles. The molecule has 2 aromatic rings. The fourth-order valence-electron chi connectivity index (χ4n) is 1.02. The minimum absolute atomic E-state index is 0.0435. The van der Waals surface area contributed by atoms with E-state index in [9.17, 15) is 0 Å². The lowest BCUT2D eigenvalue weighted by Gasteiger charge is -1.94. The molecule has 0 fully saturated rings. The second-order valence-corrected chi connectivity index (χ2v) is 2.20. The van der Waals surface area contributed by atoms with E-state index in [-0.39, 0.29) is 6.61 Å². The van der Waals surface area contributed by atoms with E-state index in [2.05, 4.69) is 9.97 Å². The molecule has 0 aliphatic heterocycles. The Labute approximate surface area is 63.1 Å². The largest absolute Gasteiger partial charge is 0.388 e. The zero-order chi connectivity index (χ0) is 7.68. The van der Waals surface area contributed by atoms with Crippen molar-refractivity contribution in [3.8, 4) is 0 Å². The van der Waals surface area contributed by atoms with Crippen LogP contribution in [-0.2, 0) is 6.61 Å². The molecule has 0 unspecified atom stereocenters. The smallest absolute Gasteiger partial charge is 0.139 e. The first-order chi connectivity index (χ1) is 5.42. The average molecular weight is 149 g/mol. The Kier molecular flexibility index (Phi) is 1.33. The Bertz CT molecular complexity index is 368. The van der Waals surface area contributed by atoms with Gasteiger partial charge in [0, 0.05) is 12.4 Å². The number of nitrogens with zero attached hydrogens (tertiary/aromatic N) is 3. The van der Waals surface area contributed by atoms with E-state index < -0.39 is 0 Å². The number of aliphatic hydroxyl groups is 1. The van der Waals surface area contributed by atoms with E-state index in [4.69, 9.17) is 5.11 Å².